The van der Waals surface area contributed by atoms with Crippen LogP contribution in [0.1, 0.15) is 41.5 Å². The molecule has 22 heavy (non-hydrogen) atoms. The Labute approximate surface area is 130 Å². The van der Waals surface area contributed by atoms with Gasteiger partial charge in [-0.2, -0.15) is 5.10 Å². The number of nitrogens with one attached hydrogen (secondary N) is 1. The third-order valence-corrected chi connectivity index (χ3v) is 5.04. The molecule has 1 N–H and O–H groups in total. The summed E-state index contributed by atoms with van der Waals surface area (Å²) in [5.41, 5.74) is 2.30. The van der Waals surface area contributed by atoms with E-state index in [9.17, 15) is 9.59 Å². The highest BCUT2D eigenvalue weighted by Crippen LogP contribution is 2.27. The van der Waals surface area contributed by atoms with Crippen LogP contribution in [0.15, 0.2) is 0 Å². The standard InChI is InChI=1S/C16H24N4O2/c1-10-16(12(3)21)11(2)20(18-10)7-5-15(22)19-6-4-13-8-17-9-14(13)19/h13-14,17H,4-9H2,1-3H3. The molecule has 1 aromatic heterocycles. The molecule has 2 aliphatic heterocycles. The lowest BCUT2D eigenvalue weighted by Gasteiger charge is -2.23. The van der Waals surface area contributed by atoms with Gasteiger partial charge < -0.3 is 10.2 Å². The van der Waals surface area contributed by atoms with Crippen LogP contribution in [0.5, 0.6) is 0 Å². The topological polar surface area (TPSA) is 67.2 Å². The van der Waals surface area contributed by atoms with Gasteiger partial charge in [0.25, 0.3) is 0 Å². The van der Waals surface area contributed by atoms with Gasteiger partial charge in [0.15, 0.2) is 5.78 Å². The largest absolute Gasteiger partial charge is 0.338 e. The first-order valence-corrected chi connectivity index (χ1v) is 8.04. The van der Waals surface area contributed by atoms with Crippen molar-refractivity contribution in [2.75, 3.05) is 19.6 Å². The molecule has 3 rings (SSSR count). The van der Waals surface area contributed by atoms with Gasteiger partial charge in [-0.1, -0.05) is 0 Å². The zero-order valence-corrected chi connectivity index (χ0v) is 13.6. The number of ketones is 1. The molecule has 1 amide bonds. The van der Waals surface area contributed by atoms with Crippen molar-refractivity contribution < 1.29 is 9.59 Å². The first-order chi connectivity index (χ1) is 10.5. The third kappa shape index (κ3) is 2.56. The molecular weight excluding hydrogens is 280 g/mol. The summed E-state index contributed by atoms with van der Waals surface area (Å²) in [6.07, 6.45) is 1.56. The first kappa shape index (κ1) is 15.2. The smallest absolute Gasteiger partial charge is 0.224 e. The lowest BCUT2D eigenvalue weighted by Crippen LogP contribution is -2.39. The van der Waals surface area contributed by atoms with Crippen LogP contribution in [0, 0.1) is 19.8 Å². The Morgan fingerprint density at radius 3 is 2.77 bits per heavy atom. The van der Waals surface area contributed by atoms with E-state index in [-0.39, 0.29) is 11.7 Å². The number of hydrogen-bond donors (Lipinski definition) is 1. The average molecular weight is 304 g/mol. The van der Waals surface area contributed by atoms with Gasteiger partial charge >= 0.3 is 0 Å². The van der Waals surface area contributed by atoms with Gasteiger partial charge in [0.2, 0.25) is 5.91 Å². The molecule has 120 valence electrons. The number of carbonyl (C=O) groups is 2. The Morgan fingerprint density at radius 2 is 2.09 bits per heavy atom. The van der Waals surface area contributed by atoms with Crippen LogP contribution in [-0.2, 0) is 11.3 Å². The van der Waals surface area contributed by atoms with Gasteiger partial charge in [-0.25, -0.2) is 0 Å². The minimum absolute atomic E-state index is 0.0343. The van der Waals surface area contributed by atoms with Gasteiger partial charge in [0.05, 0.1) is 11.3 Å². The summed E-state index contributed by atoms with van der Waals surface area (Å²) in [6.45, 7) is 8.68. The van der Waals surface area contributed by atoms with Crippen molar-refractivity contribution >= 4 is 11.7 Å². The van der Waals surface area contributed by atoms with Crippen LogP contribution in [-0.4, -0.2) is 52.0 Å². The Bertz CT molecular complexity index is 608. The van der Waals surface area contributed by atoms with Crippen LogP contribution in [0.2, 0.25) is 0 Å². The number of aromatic nitrogens is 2. The monoisotopic (exact) mass is 304 g/mol. The third-order valence-electron chi connectivity index (χ3n) is 5.04. The maximum atomic E-state index is 12.5. The molecular formula is C16H24N4O2. The van der Waals surface area contributed by atoms with Crippen molar-refractivity contribution in [1.82, 2.24) is 20.0 Å². The van der Waals surface area contributed by atoms with Crippen molar-refractivity contribution in [3.63, 3.8) is 0 Å². The quantitative estimate of drug-likeness (QED) is 0.840. The number of hydrogen-bond acceptors (Lipinski definition) is 4. The van der Waals surface area contributed by atoms with Crippen LogP contribution in [0.4, 0.5) is 0 Å². The molecule has 6 heteroatoms. The fraction of sp³-hybridized carbons (Fsp3) is 0.688. The van der Waals surface area contributed by atoms with Crippen molar-refractivity contribution in [3.05, 3.63) is 17.0 Å². The molecule has 2 saturated heterocycles. The highest BCUT2D eigenvalue weighted by Gasteiger charge is 2.39. The van der Waals surface area contributed by atoms with Crippen molar-refractivity contribution in [2.45, 2.75) is 46.2 Å². The van der Waals surface area contributed by atoms with E-state index in [1.807, 2.05) is 18.7 Å². The molecule has 0 saturated carbocycles. The lowest BCUT2D eigenvalue weighted by molar-refractivity contribution is -0.132. The zero-order chi connectivity index (χ0) is 15.9. The second-order valence-corrected chi connectivity index (χ2v) is 6.44. The molecule has 3 heterocycles. The minimum atomic E-state index is 0.0343. The normalized spacial score (nSPS) is 23.9. The molecule has 2 unspecified atom stereocenters. The Kier molecular flexibility index (Phi) is 4.04. The van der Waals surface area contributed by atoms with Crippen LogP contribution >= 0.6 is 0 Å². The van der Waals surface area contributed by atoms with E-state index in [4.69, 9.17) is 0 Å². The predicted octanol–water partition coefficient (Wildman–Crippen LogP) is 0.913. The molecule has 6 nitrogen and oxygen atoms in total. The molecule has 2 aliphatic rings. The van der Waals surface area contributed by atoms with Crippen LogP contribution < -0.4 is 5.32 Å². The van der Waals surface area contributed by atoms with Gasteiger partial charge in [-0.15, -0.1) is 0 Å². The molecule has 2 fully saturated rings. The zero-order valence-electron chi connectivity index (χ0n) is 13.6. The SMILES string of the molecule is CC(=O)c1c(C)nn(CCC(=O)N2CCC3CNCC32)c1C. The first-order valence-electron chi connectivity index (χ1n) is 8.04. The van der Waals surface area contributed by atoms with Gasteiger partial charge in [-0.05, 0) is 33.1 Å². The molecule has 0 bridgehead atoms. The lowest BCUT2D eigenvalue weighted by atomic mass is 10.1. The number of likely N-dealkylation sites (tertiary alicyclic amines) is 1. The van der Waals surface area contributed by atoms with E-state index in [0.717, 1.165) is 37.4 Å². The average Bonchev–Trinajstić information content (AvgIpc) is 3.10. The molecule has 0 aliphatic carbocycles. The summed E-state index contributed by atoms with van der Waals surface area (Å²) < 4.78 is 1.80. The summed E-state index contributed by atoms with van der Waals surface area (Å²) in [6, 6.07) is 0.376. The number of rotatable bonds is 4. The fourth-order valence-electron chi connectivity index (χ4n) is 3.93. The number of fused-ring (bicyclic) bond motifs is 1. The minimum Gasteiger partial charge on any atom is -0.338 e. The van der Waals surface area contributed by atoms with E-state index in [1.165, 1.54) is 0 Å². The Morgan fingerprint density at radius 1 is 1.32 bits per heavy atom. The number of aryl methyl sites for hydroxylation is 2. The Balaban J connectivity index is 1.64. The number of carbonyl (C=O) groups excluding carboxylic acids is 2. The predicted molar refractivity (Wildman–Crippen MR) is 82.8 cm³/mol. The number of Topliss-reactive ketones (excluding diaryl/α,β-unsaturated/α-hetero) is 1. The summed E-state index contributed by atoms with van der Waals surface area (Å²) in [7, 11) is 0. The molecule has 0 spiro atoms. The molecule has 0 aromatic carbocycles. The number of nitrogens with zero attached hydrogens (tertiary/aromatic N) is 3. The van der Waals surface area contributed by atoms with Gasteiger partial charge in [0, 0.05) is 44.3 Å². The fourth-order valence-corrected chi connectivity index (χ4v) is 3.93. The van der Waals surface area contributed by atoms with Gasteiger partial charge in [0.1, 0.15) is 0 Å². The molecule has 1 aromatic rings. The van der Waals surface area contributed by atoms with Crippen molar-refractivity contribution in [1.29, 1.82) is 0 Å². The van der Waals surface area contributed by atoms with Crippen LogP contribution in [0.3, 0.4) is 0 Å². The highest BCUT2D eigenvalue weighted by atomic mass is 16.2. The van der Waals surface area contributed by atoms with E-state index >= 15 is 0 Å². The number of amides is 1. The van der Waals surface area contributed by atoms with E-state index < -0.39 is 0 Å². The summed E-state index contributed by atoms with van der Waals surface area (Å²) >= 11 is 0. The second-order valence-electron chi connectivity index (χ2n) is 6.44. The van der Waals surface area contributed by atoms with E-state index in [1.54, 1.807) is 11.6 Å². The van der Waals surface area contributed by atoms with Crippen LogP contribution in [0.25, 0.3) is 0 Å². The second kappa shape index (κ2) is 5.83. The van der Waals surface area contributed by atoms with Crippen molar-refractivity contribution in [3.8, 4) is 0 Å². The van der Waals surface area contributed by atoms with E-state index in [2.05, 4.69) is 10.4 Å². The summed E-state index contributed by atoms with van der Waals surface area (Å²) in [5.74, 6) is 0.863. The maximum Gasteiger partial charge on any atom is 0.224 e. The molecule has 0 radical (unpaired) electrons. The van der Waals surface area contributed by atoms with Gasteiger partial charge in [-0.3, -0.25) is 14.3 Å². The van der Waals surface area contributed by atoms with Crippen molar-refractivity contribution in [2.24, 2.45) is 5.92 Å². The highest BCUT2D eigenvalue weighted by molar-refractivity contribution is 5.96. The summed E-state index contributed by atoms with van der Waals surface area (Å²) in [4.78, 5) is 26.2. The maximum absolute atomic E-state index is 12.5. The molecule has 2 atom stereocenters. The van der Waals surface area contributed by atoms with E-state index in [0.29, 0.717) is 30.5 Å². The Hall–Kier alpha value is -1.69. The summed E-state index contributed by atoms with van der Waals surface area (Å²) in [5, 5.41) is 7.78.